The number of fused-ring (bicyclic) bond motifs is 1. The number of hydrogen-bond acceptors (Lipinski definition) is 2. The van der Waals surface area contributed by atoms with Crippen LogP contribution in [0.25, 0.3) is 10.8 Å². The van der Waals surface area contributed by atoms with Crippen LogP contribution >= 0.6 is 0 Å². The Morgan fingerprint density at radius 2 is 1.57 bits per heavy atom. The van der Waals surface area contributed by atoms with Crippen LogP contribution < -0.4 is 0 Å². The molecule has 28 heavy (non-hydrogen) atoms. The Morgan fingerprint density at radius 1 is 0.893 bits per heavy atom. The molecule has 0 radical (unpaired) electrons. The minimum atomic E-state index is -0.812. The van der Waals surface area contributed by atoms with Crippen molar-refractivity contribution in [3.05, 3.63) is 83.4 Å². The Bertz CT molecular complexity index is 997. The zero-order chi connectivity index (χ0) is 19.5. The number of piperidine rings is 1. The minimum absolute atomic E-state index is 0.0538. The highest BCUT2D eigenvalue weighted by Crippen LogP contribution is 2.30. The topological polar surface area (TPSA) is 57.6 Å². The fourth-order valence-corrected chi connectivity index (χ4v) is 4.08. The lowest BCUT2D eigenvalue weighted by molar-refractivity contribution is -0.136. The molecule has 142 valence electrons. The molecule has 1 heterocycles. The van der Waals surface area contributed by atoms with E-state index < -0.39 is 5.97 Å². The van der Waals surface area contributed by atoms with Gasteiger partial charge in [0.2, 0.25) is 0 Å². The second kappa shape index (κ2) is 7.85. The molecule has 0 unspecified atom stereocenters. The van der Waals surface area contributed by atoms with Gasteiger partial charge in [0, 0.05) is 18.7 Å². The molecule has 1 fully saturated rings. The molecule has 0 saturated carbocycles. The largest absolute Gasteiger partial charge is 0.481 e. The third-order valence-corrected chi connectivity index (χ3v) is 5.61. The van der Waals surface area contributed by atoms with E-state index in [1.807, 2.05) is 71.6 Å². The van der Waals surface area contributed by atoms with E-state index in [0.29, 0.717) is 5.92 Å². The van der Waals surface area contributed by atoms with Crippen LogP contribution in [-0.2, 0) is 11.2 Å². The normalized spacial score (nSPS) is 14.9. The smallest absolute Gasteiger partial charge is 0.307 e. The van der Waals surface area contributed by atoms with Crippen molar-refractivity contribution in [3.63, 3.8) is 0 Å². The number of carboxylic acids is 1. The number of nitrogens with zero attached hydrogens (tertiary/aromatic N) is 1. The molecule has 3 aromatic carbocycles. The summed E-state index contributed by atoms with van der Waals surface area (Å²) < 4.78 is 0. The van der Waals surface area contributed by atoms with E-state index >= 15 is 0 Å². The summed E-state index contributed by atoms with van der Waals surface area (Å²) in [4.78, 5) is 25.8. The van der Waals surface area contributed by atoms with Gasteiger partial charge in [0.15, 0.2) is 0 Å². The summed E-state index contributed by atoms with van der Waals surface area (Å²) in [5, 5.41) is 11.0. The van der Waals surface area contributed by atoms with Crippen LogP contribution in [0.2, 0.25) is 0 Å². The van der Waals surface area contributed by atoms with Gasteiger partial charge in [-0.2, -0.15) is 0 Å². The van der Waals surface area contributed by atoms with Crippen LogP contribution in [0.15, 0.2) is 66.7 Å². The molecule has 0 atom stereocenters. The summed E-state index contributed by atoms with van der Waals surface area (Å²) in [5.74, 6) is -0.296. The first-order chi connectivity index (χ1) is 13.6. The standard InChI is InChI=1S/C24H23NO3/c26-23(27)16-17-8-10-18(11-9-17)19-12-14-25(15-13-19)24(28)22-7-3-5-20-4-1-2-6-21(20)22/h1-11,19H,12-16H2,(H,26,27). The number of amides is 1. The average molecular weight is 373 g/mol. The lowest BCUT2D eigenvalue weighted by Gasteiger charge is -2.32. The predicted molar refractivity (Wildman–Crippen MR) is 110 cm³/mol. The van der Waals surface area contributed by atoms with E-state index in [-0.39, 0.29) is 12.3 Å². The van der Waals surface area contributed by atoms with Crippen molar-refractivity contribution < 1.29 is 14.7 Å². The van der Waals surface area contributed by atoms with Gasteiger partial charge in [-0.05, 0) is 46.7 Å². The van der Waals surface area contributed by atoms with Crippen molar-refractivity contribution in [1.82, 2.24) is 4.90 Å². The first kappa shape index (κ1) is 18.2. The minimum Gasteiger partial charge on any atom is -0.481 e. The third kappa shape index (κ3) is 3.77. The van der Waals surface area contributed by atoms with Crippen molar-refractivity contribution in [2.45, 2.75) is 25.2 Å². The van der Waals surface area contributed by atoms with E-state index in [0.717, 1.165) is 47.8 Å². The van der Waals surface area contributed by atoms with Crippen LogP contribution in [0, 0.1) is 0 Å². The maximum absolute atomic E-state index is 13.1. The summed E-state index contributed by atoms with van der Waals surface area (Å²) in [6, 6.07) is 21.8. The van der Waals surface area contributed by atoms with E-state index in [4.69, 9.17) is 5.11 Å². The summed E-state index contributed by atoms with van der Waals surface area (Å²) in [6.45, 7) is 1.48. The summed E-state index contributed by atoms with van der Waals surface area (Å²) in [6.07, 6.45) is 1.90. The highest BCUT2D eigenvalue weighted by Gasteiger charge is 2.25. The Morgan fingerprint density at radius 3 is 2.29 bits per heavy atom. The molecule has 0 spiro atoms. The number of hydrogen-bond donors (Lipinski definition) is 1. The van der Waals surface area contributed by atoms with Crippen LogP contribution in [0.3, 0.4) is 0 Å². The van der Waals surface area contributed by atoms with E-state index in [1.165, 1.54) is 5.56 Å². The second-order valence-electron chi connectivity index (χ2n) is 7.41. The first-order valence-corrected chi connectivity index (χ1v) is 9.69. The number of aliphatic carboxylic acids is 1. The van der Waals surface area contributed by atoms with Crippen molar-refractivity contribution in [2.75, 3.05) is 13.1 Å². The highest BCUT2D eigenvalue weighted by atomic mass is 16.4. The molecule has 1 saturated heterocycles. The third-order valence-electron chi connectivity index (χ3n) is 5.61. The molecule has 4 heteroatoms. The van der Waals surface area contributed by atoms with E-state index in [2.05, 4.69) is 0 Å². The zero-order valence-corrected chi connectivity index (χ0v) is 15.7. The van der Waals surface area contributed by atoms with Gasteiger partial charge in [0.1, 0.15) is 0 Å². The molecule has 4 rings (SSSR count). The first-order valence-electron chi connectivity index (χ1n) is 9.69. The van der Waals surface area contributed by atoms with E-state index in [1.54, 1.807) is 0 Å². The fourth-order valence-electron chi connectivity index (χ4n) is 4.08. The Hall–Kier alpha value is -3.14. The number of carbonyl (C=O) groups excluding carboxylic acids is 1. The summed E-state index contributed by atoms with van der Waals surface area (Å²) in [5.41, 5.74) is 2.82. The van der Waals surface area contributed by atoms with Crippen molar-refractivity contribution in [2.24, 2.45) is 0 Å². The molecule has 0 aromatic heterocycles. The van der Waals surface area contributed by atoms with Gasteiger partial charge >= 0.3 is 5.97 Å². The van der Waals surface area contributed by atoms with Crippen molar-refractivity contribution in [1.29, 1.82) is 0 Å². The lowest BCUT2D eigenvalue weighted by Crippen LogP contribution is -2.38. The zero-order valence-electron chi connectivity index (χ0n) is 15.7. The molecule has 0 bridgehead atoms. The molecule has 3 aromatic rings. The van der Waals surface area contributed by atoms with Gasteiger partial charge in [-0.3, -0.25) is 9.59 Å². The average Bonchev–Trinajstić information content (AvgIpc) is 2.73. The molecule has 1 amide bonds. The van der Waals surface area contributed by atoms with Crippen molar-refractivity contribution in [3.8, 4) is 0 Å². The number of carbonyl (C=O) groups is 2. The highest BCUT2D eigenvalue weighted by molar-refractivity contribution is 6.07. The monoisotopic (exact) mass is 373 g/mol. The molecular formula is C24H23NO3. The SMILES string of the molecule is O=C(O)Cc1ccc(C2CCN(C(=O)c3cccc4ccccc34)CC2)cc1. The van der Waals surface area contributed by atoms with Crippen LogP contribution in [0.4, 0.5) is 0 Å². The number of carboxylic acid groups (broad SMARTS) is 1. The van der Waals surface area contributed by atoms with Gasteiger partial charge in [-0.15, -0.1) is 0 Å². The molecule has 0 aliphatic carbocycles. The Balaban J connectivity index is 1.43. The summed E-state index contributed by atoms with van der Waals surface area (Å²) >= 11 is 0. The molecular weight excluding hydrogens is 350 g/mol. The number of benzene rings is 3. The molecule has 1 N–H and O–H groups in total. The predicted octanol–water partition coefficient (Wildman–Crippen LogP) is 4.49. The van der Waals surface area contributed by atoms with Crippen LogP contribution in [0.5, 0.6) is 0 Å². The Kier molecular flexibility index (Phi) is 5.11. The summed E-state index contributed by atoms with van der Waals surface area (Å²) in [7, 11) is 0. The van der Waals surface area contributed by atoms with Gasteiger partial charge in [0.05, 0.1) is 6.42 Å². The maximum atomic E-state index is 13.1. The maximum Gasteiger partial charge on any atom is 0.307 e. The van der Waals surface area contributed by atoms with Crippen molar-refractivity contribution >= 4 is 22.6 Å². The van der Waals surface area contributed by atoms with Gasteiger partial charge in [-0.25, -0.2) is 0 Å². The lowest BCUT2D eigenvalue weighted by atomic mass is 9.88. The fraction of sp³-hybridized carbons (Fsp3) is 0.250. The Labute approximate surface area is 164 Å². The van der Waals surface area contributed by atoms with Gasteiger partial charge in [-0.1, -0.05) is 60.7 Å². The number of likely N-dealkylation sites (tertiary alicyclic amines) is 1. The molecule has 1 aliphatic rings. The number of rotatable bonds is 4. The second-order valence-corrected chi connectivity index (χ2v) is 7.41. The van der Waals surface area contributed by atoms with Crippen LogP contribution in [0.1, 0.15) is 40.2 Å². The molecule has 4 nitrogen and oxygen atoms in total. The van der Waals surface area contributed by atoms with E-state index in [9.17, 15) is 9.59 Å². The van der Waals surface area contributed by atoms with Gasteiger partial charge < -0.3 is 10.0 Å². The van der Waals surface area contributed by atoms with Crippen LogP contribution in [-0.4, -0.2) is 35.0 Å². The molecule has 1 aliphatic heterocycles. The van der Waals surface area contributed by atoms with Gasteiger partial charge in [0.25, 0.3) is 5.91 Å². The quantitative estimate of drug-likeness (QED) is 0.733.